The fourth-order valence-corrected chi connectivity index (χ4v) is 1.96. The van der Waals surface area contributed by atoms with Crippen molar-refractivity contribution in [2.24, 2.45) is 11.7 Å². The summed E-state index contributed by atoms with van der Waals surface area (Å²) in [5.74, 6) is 2.30. The number of hydrogen-bond donors (Lipinski definition) is 1. The molecule has 2 N–H and O–H groups in total. The number of nitrogens with zero attached hydrogens (tertiary/aromatic N) is 2. The molecule has 2 rings (SSSR count). The smallest absolute Gasteiger partial charge is 0.231 e. The quantitative estimate of drug-likeness (QED) is 0.835. The van der Waals surface area contributed by atoms with Crippen LogP contribution in [0.25, 0.3) is 0 Å². The Morgan fingerprint density at radius 3 is 2.88 bits per heavy atom. The Morgan fingerprint density at radius 2 is 2.31 bits per heavy atom. The van der Waals surface area contributed by atoms with Gasteiger partial charge < -0.3 is 15.0 Å². The summed E-state index contributed by atoms with van der Waals surface area (Å²) in [5.41, 5.74) is 5.72. The van der Waals surface area contributed by atoms with Crippen molar-refractivity contribution in [3.05, 3.63) is 11.7 Å². The molecule has 0 amide bonds. The van der Waals surface area contributed by atoms with E-state index in [0.717, 1.165) is 18.9 Å². The van der Waals surface area contributed by atoms with Crippen LogP contribution in [0.15, 0.2) is 4.52 Å². The van der Waals surface area contributed by atoms with E-state index in [0.29, 0.717) is 30.9 Å². The van der Waals surface area contributed by atoms with Gasteiger partial charge in [0, 0.05) is 19.1 Å². The van der Waals surface area contributed by atoms with Crippen molar-refractivity contribution in [2.45, 2.75) is 32.1 Å². The summed E-state index contributed by atoms with van der Waals surface area (Å²) in [6.07, 6.45) is 0.980. The Balaban J connectivity index is 2.11. The van der Waals surface area contributed by atoms with Gasteiger partial charge in [-0.3, -0.25) is 0 Å². The topological polar surface area (TPSA) is 74.2 Å². The van der Waals surface area contributed by atoms with Gasteiger partial charge in [0.25, 0.3) is 0 Å². The van der Waals surface area contributed by atoms with Crippen molar-refractivity contribution in [1.82, 2.24) is 10.1 Å². The lowest BCUT2D eigenvalue weighted by Crippen LogP contribution is -2.18. The summed E-state index contributed by atoms with van der Waals surface area (Å²) >= 11 is 0. The molecule has 1 aliphatic heterocycles. The van der Waals surface area contributed by atoms with Crippen LogP contribution >= 0.6 is 0 Å². The Morgan fingerprint density at radius 1 is 1.50 bits per heavy atom. The molecule has 5 heteroatoms. The van der Waals surface area contributed by atoms with E-state index in [1.54, 1.807) is 0 Å². The predicted molar refractivity (Wildman–Crippen MR) is 59.1 cm³/mol. The van der Waals surface area contributed by atoms with E-state index in [2.05, 4.69) is 24.0 Å². The number of hydrogen-bond acceptors (Lipinski definition) is 5. The van der Waals surface area contributed by atoms with Crippen LogP contribution in [0, 0.1) is 5.92 Å². The fraction of sp³-hybridized carbons (Fsp3) is 0.818. The molecule has 2 unspecified atom stereocenters. The number of ether oxygens (including phenoxy) is 1. The van der Waals surface area contributed by atoms with Gasteiger partial charge in [-0.25, -0.2) is 0 Å². The van der Waals surface area contributed by atoms with Gasteiger partial charge in [0.05, 0.1) is 12.5 Å². The van der Waals surface area contributed by atoms with Crippen LogP contribution in [0.2, 0.25) is 0 Å². The van der Waals surface area contributed by atoms with E-state index in [9.17, 15) is 0 Å². The molecule has 1 fully saturated rings. The largest absolute Gasteiger partial charge is 0.381 e. The summed E-state index contributed by atoms with van der Waals surface area (Å²) in [5, 5.41) is 4.03. The lowest BCUT2D eigenvalue weighted by Gasteiger charge is -2.13. The molecule has 0 saturated carbocycles. The molecule has 2 atom stereocenters. The van der Waals surface area contributed by atoms with Crippen molar-refractivity contribution < 1.29 is 9.26 Å². The van der Waals surface area contributed by atoms with E-state index < -0.39 is 0 Å². The molecule has 0 aromatic carbocycles. The van der Waals surface area contributed by atoms with Crippen molar-refractivity contribution in [3.8, 4) is 0 Å². The SMILES string of the molecule is CC(C)C(CN)c1nc(C2CCOC2)no1. The normalized spacial score (nSPS) is 22.9. The summed E-state index contributed by atoms with van der Waals surface area (Å²) in [4.78, 5) is 4.45. The zero-order valence-electron chi connectivity index (χ0n) is 9.85. The third-order valence-corrected chi connectivity index (χ3v) is 3.13. The van der Waals surface area contributed by atoms with Gasteiger partial charge in [-0.05, 0) is 12.3 Å². The second-order valence-electron chi connectivity index (χ2n) is 4.64. The van der Waals surface area contributed by atoms with Crippen LogP contribution in [0.3, 0.4) is 0 Å². The maximum atomic E-state index is 5.72. The molecule has 0 aliphatic carbocycles. The Labute approximate surface area is 95.3 Å². The van der Waals surface area contributed by atoms with Gasteiger partial charge in [-0.15, -0.1) is 0 Å². The molecule has 0 bridgehead atoms. The minimum atomic E-state index is 0.156. The van der Waals surface area contributed by atoms with Crippen LogP contribution in [-0.4, -0.2) is 29.9 Å². The van der Waals surface area contributed by atoms with Gasteiger partial charge in [0.2, 0.25) is 5.89 Å². The maximum absolute atomic E-state index is 5.72. The second-order valence-corrected chi connectivity index (χ2v) is 4.64. The molecule has 1 aromatic heterocycles. The van der Waals surface area contributed by atoms with E-state index in [4.69, 9.17) is 15.0 Å². The van der Waals surface area contributed by atoms with Crippen LogP contribution in [0.1, 0.15) is 43.8 Å². The number of nitrogens with two attached hydrogens (primary N) is 1. The Hall–Kier alpha value is -0.940. The first-order valence-electron chi connectivity index (χ1n) is 5.83. The fourth-order valence-electron chi connectivity index (χ4n) is 1.96. The molecule has 1 aliphatic rings. The van der Waals surface area contributed by atoms with E-state index in [-0.39, 0.29) is 5.92 Å². The van der Waals surface area contributed by atoms with Crippen molar-refractivity contribution in [2.75, 3.05) is 19.8 Å². The first-order valence-corrected chi connectivity index (χ1v) is 5.83. The van der Waals surface area contributed by atoms with Gasteiger partial charge >= 0.3 is 0 Å². The van der Waals surface area contributed by atoms with Crippen molar-refractivity contribution in [1.29, 1.82) is 0 Å². The number of aromatic nitrogens is 2. The average Bonchev–Trinajstić information content (AvgIpc) is 2.86. The Bertz CT molecular complexity index is 332. The molecule has 2 heterocycles. The molecule has 1 aromatic rings. The summed E-state index contributed by atoms with van der Waals surface area (Å²) in [6, 6.07) is 0. The first-order chi connectivity index (χ1) is 7.72. The minimum absolute atomic E-state index is 0.156. The molecular formula is C11H19N3O2. The van der Waals surface area contributed by atoms with Crippen molar-refractivity contribution >= 4 is 0 Å². The average molecular weight is 225 g/mol. The van der Waals surface area contributed by atoms with Gasteiger partial charge in [0.1, 0.15) is 0 Å². The van der Waals surface area contributed by atoms with Crippen molar-refractivity contribution in [3.63, 3.8) is 0 Å². The highest BCUT2D eigenvalue weighted by molar-refractivity contribution is 5.01. The lowest BCUT2D eigenvalue weighted by atomic mass is 9.96. The first kappa shape index (κ1) is 11.5. The molecule has 5 nitrogen and oxygen atoms in total. The van der Waals surface area contributed by atoms with Gasteiger partial charge in [-0.1, -0.05) is 19.0 Å². The van der Waals surface area contributed by atoms with Crippen LogP contribution in [0.5, 0.6) is 0 Å². The molecule has 0 radical (unpaired) electrons. The van der Waals surface area contributed by atoms with Gasteiger partial charge in [-0.2, -0.15) is 4.98 Å². The third kappa shape index (κ3) is 2.25. The maximum Gasteiger partial charge on any atom is 0.231 e. The molecular weight excluding hydrogens is 206 g/mol. The third-order valence-electron chi connectivity index (χ3n) is 3.13. The second kappa shape index (κ2) is 4.93. The summed E-state index contributed by atoms with van der Waals surface area (Å²) in [6.45, 7) is 6.26. The van der Waals surface area contributed by atoms with Crippen LogP contribution < -0.4 is 5.73 Å². The molecule has 16 heavy (non-hydrogen) atoms. The predicted octanol–water partition coefficient (Wildman–Crippen LogP) is 1.27. The summed E-state index contributed by atoms with van der Waals surface area (Å²) < 4.78 is 10.6. The highest BCUT2D eigenvalue weighted by Gasteiger charge is 2.26. The lowest BCUT2D eigenvalue weighted by molar-refractivity contribution is 0.192. The van der Waals surface area contributed by atoms with E-state index in [1.807, 2.05) is 0 Å². The zero-order chi connectivity index (χ0) is 11.5. The van der Waals surface area contributed by atoms with Gasteiger partial charge in [0.15, 0.2) is 5.82 Å². The molecule has 90 valence electrons. The van der Waals surface area contributed by atoms with E-state index in [1.165, 1.54) is 0 Å². The monoisotopic (exact) mass is 225 g/mol. The standard InChI is InChI=1S/C11H19N3O2/c1-7(2)9(5-12)11-13-10(14-16-11)8-3-4-15-6-8/h7-9H,3-6,12H2,1-2H3. The highest BCUT2D eigenvalue weighted by atomic mass is 16.5. The molecule has 0 spiro atoms. The zero-order valence-corrected chi connectivity index (χ0v) is 9.85. The van der Waals surface area contributed by atoms with Crippen LogP contribution in [-0.2, 0) is 4.74 Å². The Kier molecular flexibility index (Phi) is 3.56. The van der Waals surface area contributed by atoms with E-state index >= 15 is 0 Å². The minimum Gasteiger partial charge on any atom is -0.381 e. The highest BCUT2D eigenvalue weighted by Crippen LogP contribution is 2.26. The molecule has 1 saturated heterocycles. The summed E-state index contributed by atoms with van der Waals surface area (Å²) in [7, 11) is 0. The van der Waals surface area contributed by atoms with Crippen LogP contribution in [0.4, 0.5) is 0 Å². The number of rotatable bonds is 4.